The van der Waals surface area contributed by atoms with Crippen molar-refractivity contribution in [3.8, 4) is 0 Å². The number of azide groups is 1. The molecule has 3 nitrogen and oxygen atoms in total. The van der Waals surface area contributed by atoms with E-state index >= 15 is 0 Å². The molecule has 0 amide bonds. The van der Waals surface area contributed by atoms with E-state index in [-0.39, 0.29) is 6.54 Å². The van der Waals surface area contributed by atoms with Crippen molar-refractivity contribution in [2.75, 3.05) is 6.54 Å². The minimum absolute atomic E-state index is 0.0787. The Hall–Kier alpha value is -0.830. The van der Waals surface area contributed by atoms with Crippen molar-refractivity contribution in [1.82, 2.24) is 0 Å². The second-order valence-electron chi connectivity index (χ2n) is 2.48. The van der Waals surface area contributed by atoms with Crippen molar-refractivity contribution < 1.29 is 8.78 Å². The van der Waals surface area contributed by atoms with E-state index in [9.17, 15) is 8.78 Å². The van der Waals surface area contributed by atoms with Crippen LogP contribution in [0.5, 0.6) is 0 Å². The second-order valence-corrected chi connectivity index (χ2v) is 2.48. The molecule has 2 atom stereocenters. The molecule has 0 aliphatic heterocycles. The lowest BCUT2D eigenvalue weighted by Crippen LogP contribution is -1.95. The maximum Gasteiger partial charge on any atom is 0.254 e. The molecule has 0 saturated heterocycles. The number of halogens is 2. The van der Waals surface area contributed by atoms with Gasteiger partial charge in [0.15, 0.2) is 0 Å². The molecule has 56 valence electrons. The SMILES string of the molecule is C[C@@H]1[C@@H](CN=[N+]=[N-])C1(F)F. The minimum atomic E-state index is -2.59. The summed E-state index contributed by atoms with van der Waals surface area (Å²) in [4.78, 5) is 2.41. The Morgan fingerprint density at radius 2 is 2.20 bits per heavy atom. The highest BCUT2D eigenvalue weighted by molar-refractivity contribution is 5.03. The molecule has 0 spiro atoms. The van der Waals surface area contributed by atoms with Crippen molar-refractivity contribution in [1.29, 1.82) is 0 Å². The van der Waals surface area contributed by atoms with Crippen LogP contribution in [-0.2, 0) is 0 Å². The highest BCUT2D eigenvalue weighted by Gasteiger charge is 2.64. The topological polar surface area (TPSA) is 48.8 Å². The largest absolute Gasteiger partial charge is 0.254 e. The van der Waals surface area contributed by atoms with Gasteiger partial charge in [0, 0.05) is 23.3 Å². The van der Waals surface area contributed by atoms with Crippen molar-refractivity contribution in [2.24, 2.45) is 17.0 Å². The Labute approximate surface area is 56.7 Å². The molecule has 0 aromatic rings. The van der Waals surface area contributed by atoms with Crippen LogP contribution < -0.4 is 0 Å². The maximum atomic E-state index is 12.3. The van der Waals surface area contributed by atoms with Gasteiger partial charge in [0.05, 0.1) is 0 Å². The first-order valence-electron chi connectivity index (χ1n) is 2.99. The van der Waals surface area contributed by atoms with Crippen LogP contribution in [0.25, 0.3) is 10.4 Å². The fourth-order valence-corrected chi connectivity index (χ4v) is 0.964. The predicted octanol–water partition coefficient (Wildman–Crippen LogP) is 2.20. The number of rotatable bonds is 2. The summed E-state index contributed by atoms with van der Waals surface area (Å²) < 4.78 is 24.7. The van der Waals surface area contributed by atoms with Gasteiger partial charge >= 0.3 is 0 Å². The standard InChI is InChI=1S/C5H7F2N3/c1-3-4(2-9-10-8)5(3,6)7/h3-4H,2H2,1H3/t3-,4-/m1/s1. The monoisotopic (exact) mass is 147 g/mol. The highest BCUT2D eigenvalue weighted by Crippen LogP contribution is 2.54. The molecule has 1 fully saturated rings. The van der Waals surface area contributed by atoms with Crippen LogP contribution in [0.4, 0.5) is 8.78 Å². The molecule has 1 saturated carbocycles. The van der Waals surface area contributed by atoms with Gasteiger partial charge in [0.2, 0.25) is 0 Å². The van der Waals surface area contributed by atoms with Gasteiger partial charge in [0.25, 0.3) is 5.92 Å². The Morgan fingerprint density at radius 1 is 1.70 bits per heavy atom. The third-order valence-corrected chi connectivity index (χ3v) is 1.94. The Morgan fingerprint density at radius 3 is 2.50 bits per heavy atom. The van der Waals surface area contributed by atoms with Gasteiger partial charge in [-0.3, -0.25) is 0 Å². The summed E-state index contributed by atoms with van der Waals surface area (Å²) in [6, 6.07) is 0. The van der Waals surface area contributed by atoms with E-state index in [1.807, 2.05) is 0 Å². The molecular formula is C5H7F2N3. The van der Waals surface area contributed by atoms with E-state index < -0.39 is 17.8 Å². The van der Waals surface area contributed by atoms with Gasteiger partial charge < -0.3 is 0 Å². The Balaban J connectivity index is 2.42. The zero-order valence-corrected chi connectivity index (χ0v) is 5.46. The van der Waals surface area contributed by atoms with E-state index in [4.69, 9.17) is 5.53 Å². The van der Waals surface area contributed by atoms with Crippen molar-refractivity contribution in [3.63, 3.8) is 0 Å². The maximum absolute atomic E-state index is 12.3. The zero-order chi connectivity index (χ0) is 7.78. The summed E-state index contributed by atoms with van der Waals surface area (Å²) in [7, 11) is 0. The fraction of sp³-hybridized carbons (Fsp3) is 1.00. The molecule has 0 aromatic carbocycles. The highest BCUT2D eigenvalue weighted by atomic mass is 19.3. The van der Waals surface area contributed by atoms with E-state index in [1.54, 1.807) is 0 Å². The molecule has 5 heteroatoms. The van der Waals surface area contributed by atoms with Crippen molar-refractivity contribution >= 4 is 0 Å². The molecule has 1 rings (SSSR count). The van der Waals surface area contributed by atoms with Gasteiger partial charge in [-0.1, -0.05) is 12.0 Å². The van der Waals surface area contributed by atoms with Gasteiger partial charge in [-0.2, -0.15) is 0 Å². The van der Waals surface area contributed by atoms with E-state index in [2.05, 4.69) is 10.0 Å². The van der Waals surface area contributed by atoms with Crippen molar-refractivity contribution in [3.05, 3.63) is 10.4 Å². The van der Waals surface area contributed by atoms with Gasteiger partial charge in [-0.25, -0.2) is 8.78 Å². The molecule has 0 unspecified atom stereocenters. The normalized spacial score (nSPS) is 34.7. The summed E-state index contributed by atoms with van der Waals surface area (Å²) in [5, 5.41) is 3.08. The van der Waals surface area contributed by atoms with Gasteiger partial charge in [-0.05, 0) is 5.53 Å². The Kier molecular flexibility index (Phi) is 1.52. The number of nitrogens with zero attached hydrogens (tertiary/aromatic N) is 3. The summed E-state index contributed by atoms with van der Waals surface area (Å²) in [6.45, 7) is 1.38. The average Bonchev–Trinajstić information content (AvgIpc) is 2.31. The lowest BCUT2D eigenvalue weighted by atomic mass is 10.3. The summed E-state index contributed by atoms with van der Waals surface area (Å²) in [5.74, 6) is -3.92. The third-order valence-electron chi connectivity index (χ3n) is 1.94. The molecule has 0 N–H and O–H groups in total. The van der Waals surface area contributed by atoms with Crippen LogP contribution in [0.2, 0.25) is 0 Å². The van der Waals surface area contributed by atoms with Crippen LogP contribution in [0.3, 0.4) is 0 Å². The molecular weight excluding hydrogens is 140 g/mol. The average molecular weight is 147 g/mol. The first kappa shape index (κ1) is 7.28. The lowest BCUT2D eigenvalue weighted by Gasteiger charge is -1.87. The first-order chi connectivity index (χ1) is 4.60. The quantitative estimate of drug-likeness (QED) is 0.326. The predicted molar refractivity (Wildman–Crippen MR) is 31.6 cm³/mol. The molecule has 1 aliphatic carbocycles. The minimum Gasteiger partial charge on any atom is -0.206 e. The number of alkyl halides is 2. The van der Waals surface area contributed by atoms with E-state index in [1.165, 1.54) is 6.92 Å². The van der Waals surface area contributed by atoms with Gasteiger partial charge in [0.1, 0.15) is 0 Å². The van der Waals surface area contributed by atoms with Crippen LogP contribution in [0, 0.1) is 11.8 Å². The van der Waals surface area contributed by atoms with E-state index in [0.717, 1.165) is 0 Å². The molecule has 0 bridgehead atoms. The fourth-order valence-electron chi connectivity index (χ4n) is 0.964. The van der Waals surface area contributed by atoms with Gasteiger partial charge in [-0.15, -0.1) is 0 Å². The van der Waals surface area contributed by atoms with Crippen LogP contribution >= 0.6 is 0 Å². The van der Waals surface area contributed by atoms with Crippen molar-refractivity contribution in [2.45, 2.75) is 12.8 Å². The number of hydrogen-bond donors (Lipinski definition) is 0. The molecule has 0 heterocycles. The zero-order valence-electron chi connectivity index (χ0n) is 5.46. The lowest BCUT2D eigenvalue weighted by molar-refractivity contribution is 0.0878. The van der Waals surface area contributed by atoms with E-state index in [0.29, 0.717) is 0 Å². The number of hydrogen-bond acceptors (Lipinski definition) is 1. The molecule has 10 heavy (non-hydrogen) atoms. The van der Waals surface area contributed by atoms with Crippen LogP contribution in [0.15, 0.2) is 5.11 Å². The van der Waals surface area contributed by atoms with Crippen LogP contribution in [0.1, 0.15) is 6.92 Å². The van der Waals surface area contributed by atoms with Crippen LogP contribution in [-0.4, -0.2) is 12.5 Å². The Bertz CT molecular complexity index is 185. The molecule has 0 radical (unpaired) electrons. The summed E-state index contributed by atoms with van der Waals surface area (Å²) >= 11 is 0. The summed E-state index contributed by atoms with van der Waals surface area (Å²) in [5.41, 5.74) is 7.81. The first-order valence-corrected chi connectivity index (χ1v) is 2.99. The molecule has 1 aliphatic rings. The third kappa shape index (κ3) is 0.926. The second kappa shape index (κ2) is 2.09. The molecule has 0 aromatic heterocycles. The smallest absolute Gasteiger partial charge is 0.206 e. The summed E-state index contributed by atoms with van der Waals surface area (Å²) in [6.07, 6.45) is 0.